The number of nitrogens with one attached hydrogen (secondary N) is 1. The molecule has 0 heterocycles. The number of rotatable bonds is 9. The molecular formula is C12H22N2O5. The van der Waals surface area contributed by atoms with Crippen LogP contribution in [0.3, 0.4) is 0 Å². The second-order valence-electron chi connectivity index (χ2n) is 4.99. The van der Waals surface area contributed by atoms with Crippen LogP contribution in [0.25, 0.3) is 0 Å². The topological polar surface area (TPSA) is 130 Å². The summed E-state index contributed by atoms with van der Waals surface area (Å²) in [6.07, 6.45) is 0.233. The van der Waals surface area contributed by atoms with E-state index < -0.39 is 30.3 Å². The predicted molar refractivity (Wildman–Crippen MR) is 68.4 cm³/mol. The van der Waals surface area contributed by atoms with Gasteiger partial charge in [0.2, 0.25) is 5.91 Å². The van der Waals surface area contributed by atoms with Gasteiger partial charge in [-0.15, -0.1) is 0 Å². The van der Waals surface area contributed by atoms with Crippen molar-refractivity contribution in [2.24, 2.45) is 17.6 Å². The third-order valence-corrected chi connectivity index (χ3v) is 2.62. The molecule has 2 atom stereocenters. The molecule has 0 aliphatic rings. The van der Waals surface area contributed by atoms with Crippen LogP contribution >= 0.6 is 0 Å². The van der Waals surface area contributed by atoms with Gasteiger partial charge in [-0.1, -0.05) is 13.8 Å². The van der Waals surface area contributed by atoms with Gasteiger partial charge in [-0.05, 0) is 24.8 Å². The van der Waals surface area contributed by atoms with Gasteiger partial charge in [0.25, 0.3) is 0 Å². The molecule has 110 valence electrons. The van der Waals surface area contributed by atoms with Crippen molar-refractivity contribution < 1.29 is 24.6 Å². The van der Waals surface area contributed by atoms with Crippen molar-refractivity contribution in [1.29, 1.82) is 0 Å². The quantitative estimate of drug-likeness (QED) is 0.469. The van der Waals surface area contributed by atoms with Gasteiger partial charge in [0.05, 0.1) is 6.42 Å². The van der Waals surface area contributed by atoms with Crippen molar-refractivity contribution in [3.05, 3.63) is 0 Å². The van der Waals surface area contributed by atoms with E-state index in [0.29, 0.717) is 12.5 Å². The first kappa shape index (κ1) is 17.4. The van der Waals surface area contributed by atoms with E-state index in [1.807, 2.05) is 13.8 Å². The Labute approximate surface area is 112 Å². The van der Waals surface area contributed by atoms with Crippen molar-refractivity contribution in [3.8, 4) is 0 Å². The van der Waals surface area contributed by atoms with Gasteiger partial charge in [-0.25, -0.2) is 4.79 Å². The number of hydrogen-bond donors (Lipinski definition) is 4. The van der Waals surface area contributed by atoms with Crippen LogP contribution in [0.1, 0.15) is 33.1 Å². The van der Waals surface area contributed by atoms with Crippen molar-refractivity contribution >= 4 is 17.8 Å². The molecule has 0 aromatic rings. The maximum atomic E-state index is 11.7. The third kappa shape index (κ3) is 8.15. The highest BCUT2D eigenvalue weighted by molar-refractivity contribution is 5.86. The number of carbonyl (C=O) groups is 3. The molecule has 1 unspecified atom stereocenters. The smallest absolute Gasteiger partial charge is 0.326 e. The van der Waals surface area contributed by atoms with Gasteiger partial charge in [0.1, 0.15) is 6.04 Å². The molecule has 1 amide bonds. The fraction of sp³-hybridized carbons (Fsp3) is 0.750. The lowest BCUT2D eigenvalue weighted by molar-refractivity contribution is -0.147. The summed E-state index contributed by atoms with van der Waals surface area (Å²) >= 11 is 0. The molecule has 0 bridgehead atoms. The van der Waals surface area contributed by atoms with Crippen LogP contribution in [-0.4, -0.2) is 40.6 Å². The highest BCUT2D eigenvalue weighted by atomic mass is 16.4. The zero-order valence-electron chi connectivity index (χ0n) is 11.3. The molecule has 0 rings (SSSR count). The molecule has 0 saturated heterocycles. The minimum atomic E-state index is -1.40. The van der Waals surface area contributed by atoms with Crippen LogP contribution < -0.4 is 11.1 Å². The Morgan fingerprint density at radius 1 is 1.16 bits per heavy atom. The molecule has 7 heteroatoms. The molecular weight excluding hydrogens is 252 g/mol. The van der Waals surface area contributed by atoms with Crippen molar-refractivity contribution in [2.45, 2.75) is 39.2 Å². The number of carboxylic acid groups (broad SMARTS) is 2. The number of carboxylic acids is 2. The van der Waals surface area contributed by atoms with Crippen LogP contribution in [0.4, 0.5) is 0 Å². The summed E-state index contributed by atoms with van der Waals surface area (Å²) in [6, 6.07) is -1.40. The van der Waals surface area contributed by atoms with E-state index in [1.54, 1.807) is 0 Å². The zero-order chi connectivity index (χ0) is 15.0. The predicted octanol–water partition coefficient (Wildman–Crippen LogP) is 0.0416. The maximum absolute atomic E-state index is 11.7. The first-order valence-electron chi connectivity index (χ1n) is 6.20. The molecule has 19 heavy (non-hydrogen) atoms. The first-order chi connectivity index (χ1) is 8.76. The molecule has 0 fully saturated rings. The minimum absolute atomic E-state index is 0.0285. The summed E-state index contributed by atoms with van der Waals surface area (Å²) in [5.74, 6) is -2.76. The second-order valence-corrected chi connectivity index (χ2v) is 4.99. The van der Waals surface area contributed by atoms with Crippen molar-refractivity contribution in [3.63, 3.8) is 0 Å². The summed E-state index contributed by atoms with van der Waals surface area (Å²) < 4.78 is 0. The van der Waals surface area contributed by atoms with E-state index in [1.165, 1.54) is 0 Å². The van der Waals surface area contributed by atoms with Gasteiger partial charge >= 0.3 is 11.9 Å². The fourth-order valence-electron chi connectivity index (χ4n) is 1.82. The van der Waals surface area contributed by atoms with E-state index in [9.17, 15) is 14.4 Å². The molecule has 0 aliphatic heterocycles. The highest BCUT2D eigenvalue weighted by Gasteiger charge is 2.24. The Bertz CT molecular complexity index is 330. The Morgan fingerprint density at radius 3 is 2.11 bits per heavy atom. The Hall–Kier alpha value is -1.63. The average Bonchev–Trinajstić information content (AvgIpc) is 2.25. The number of carbonyl (C=O) groups excluding carboxylic acids is 1. The van der Waals surface area contributed by atoms with Gasteiger partial charge in [0, 0.05) is 6.42 Å². The van der Waals surface area contributed by atoms with Gasteiger partial charge < -0.3 is 21.3 Å². The van der Waals surface area contributed by atoms with Crippen LogP contribution in [0.2, 0.25) is 0 Å². The molecule has 0 radical (unpaired) electrons. The monoisotopic (exact) mass is 274 g/mol. The Kier molecular flexibility index (Phi) is 7.74. The van der Waals surface area contributed by atoms with Crippen LogP contribution in [0.5, 0.6) is 0 Å². The molecule has 5 N–H and O–H groups in total. The van der Waals surface area contributed by atoms with Crippen LogP contribution in [0, 0.1) is 11.8 Å². The van der Waals surface area contributed by atoms with Crippen molar-refractivity contribution in [2.75, 3.05) is 6.54 Å². The Morgan fingerprint density at radius 2 is 1.74 bits per heavy atom. The van der Waals surface area contributed by atoms with E-state index in [2.05, 4.69) is 5.32 Å². The molecule has 0 aromatic carbocycles. The normalized spacial score (nSPS) is 13.9. The van der Waals surface area contributed by atoms with Gasteiger partial charge in [-0.2, -0.15) is 0 Å². The highest BCUT2D eigenvalue weighted by Crippen LogP contribution is 2.14. The van der Waals surface area contributed by atoms with E-state index in [0.717, 1.165) is 6.42 Å². The lowest BCUT2D eigenvalue weighted by Gasteiger charge is -2.18. The van der Waals surface area contributed by atoms with E-state index in [4.69, 9.17) is 15.9 Å². The first-order valence-corrected chi connectivity index (χ1v) is 6.20. The number of amides is 1. The standard InChI is InChI=1S/C12H22N2O5/c1-7(2)3-8(6-13)4-10(15)14-9(12(18)19)5-11(16)17/h7-9H,3-6,13H2,1-2H3,(H,14,15)(H,16,17)(H,18,19)/t8-,9?/m0/s1. The van der Waals surface area contributed by atoms with Crippen molar-refractivity contribution in [1.82, 2.24) is 5.32 Å². The number of nitrogens with two attached hydrogens (primary N) is 1. The van der Waals surface area contributed by atoms with Crippen LogP contribution in [-0.2, 0) is 14.4 Å². The largest absolute Gasteiger partial charge is 0.481 e. The number of aliphatic carboxylic acids is 2. The van der Waals surface area contributed by atoms with E-state index >= 15 is 0 Å². The fourth-order valence-corrected chi connectivity index (χ4v) is 1.82. The maximum Gasteiger partial charge on any atom is 0.326 e. The van der Waals surface area contributed by atoms with E-state index in [-0.39, 0.29) is 12.3 Å². The molecule has 0 spiro atoms. The summed E-state index contributed by atoms with van der Waals surface area (Å²) in [5.41, 5.74) is 5.55. The molecule has 0 aromatic heterocycles. The molecule has 7 nitrogen and oxygen atoms in total. The summed E-state index contributed by atoms with van der Waals surface area (Å²) in [7, 11) is 0. The lowest BCUT2D eigenvalue weighted by Crippen LogP contribution is -2.43. The second kappa shape index (κ2) is 8.47. The summed E-state index contributed by atoms with van der Waals surface area (Å²) in [4.78, 5) is 33.0. The minimum Gasteiger partial charge on any atom is -0.481 e. The lowest BCUT2D eigenvalue weighted by atomic mass is 9.94. The zero-order valence-corrected chi connectivity index (χ0v) is 11.3. The molecule has 0 aliphatic carbocycles. The Balaban J connectivity index is 4.39. The molecule has 0 saturated carbocycles. The summed E-state index contributed by atoms with van der Waals surface area (Å²) in [6.45, 7) is 4.35. The average molecular weight is 274 g/mol. The van der Waals surface area contributed by atoms with Crippen LogP contribution in [0.15, 0.2) is 0 Å². The number of hydrogen-bond acceptors (Lipinski definition) is 4. The third-order valence-electron chi connectivity index (χ3n) is 2.62. The summed E-state index contributed by atoms with van der Waals surface area (Å²) in [5, 5.41) is 19.6. The van der Waals surface area contributed by atoms with Gasteiger partial charge in [0.15, 0.2) is 0 Å². The SMILES string of the molecule is CC(C)C[C@H](CN)CC(=O)NC(CC(=O)O)C(=O)O. The van der Waals surface area contributed by atoms with Gasteiger partial charge in [-0.3, -0.25) is 9.59 Å².